The summed E-state index contributed by atoms with van der Waals surface area (Å²) in [6.45, 7) is 2.02. The van der Waals surface area contributed by atoms with Crippen molar-refractivity contribution in [1.82, 2.24) is 0 Å². The van der Waals surface area contributed by atoms with Crippen molar-refractivity contribution in [2.45, 2.75) is 25.2 Å². The summed E-state index contributed by atoms with van der Waals surface area (Å²) < 4.78 is 0.917. The molecule has 0 aliphatic heterocycles. The lowest BCUT2D eigenvalue weighted by molar-refractivity contribution is -0.118. The lowest BCUT2D eigenvalue weighted by Crippen LogP contribution is -2.27. The summed E-state index contributed by atoms with van der Waals surface area (Å²) in [6, 6.07) is 16.0. The second kappa shape index (κ2) is 5.06. The smallest absolute Gasteiger partial charge is 0.235 e. The van der Waals surface area contributed by atoms with Gasteiger partial charge in [-0.2, -0.15) is 0 Å². The van der Waals surface area contributed by atoms with Crippen LogP contribution in [0.3, 0.4) is 0 Å². The molecule has 2 aromatic carbocycles. The first kappa shape index (κ1) is 13.4. The van der Waals surface area contributed by atoms with Gasteiger partial charge in [0, 0.05) is 4.47 Å². The molecule has 0 spiro atoms. The standard InChI is InChI=1S/C17H16BrNO/c1-12-7-8-14(18)15(11-12)19-16(20)17(9-10-17)13-5-3-2-4-6-13/h2-8,11H,9-10H2,1H3,(H,19,20). The van der Waals surface area contributed by atoms with Crippen molar-refractivity contribution in [3.63, 3.8) is 0 Å². The lowest BCUT2D eigenvalue weighted by Gasteiger charge is -2.16. The molecule has 2 aromatic rings. The number of nitrogens with one attached hydrogen (secondary N) is 1. The van der Waals surface area contributed by atoms with E-state index in [-0.39, 0.29) is 11.3 Å². The Labute approximate surface area is 127 Å². The van der Waals surface area contributed by atoms with Gasteiger partial charge in [-0.25, -0.2) is 0 Å². The highest BCUT2D eigenvalue weighted by Gasteiger charge is 2.51. The monoisotopic (exact) mass is 329 g/mol. The Balaban J connectivity index is 1.85. The summed E-state index contributed by atoms with van der Waals surface area (Å²) in [5.41, 5.74) is 2.76. The molecule has 3 rings (SSSR count). The van der Waals surface area contributed by atoms with Crippen molar-refractivity contribution < 1.29 is 4.79 Å². The van der Waals surface area contributed by atoms with Crippen LogP contribution in [0, 0.1) is 6.92 Å². The summed E-state index contributed by atoms with van der Waals surface area (Å²) in [5, 5.41) is 3.07. The number of hydrogen-bond donors (Lipinski definition) is 1. The van der Waals surface area contributed by atoms with E-state index in [1.807, 2.05) is 55.5 Å². The summed E-state index contributed by atoms with van der Waals surface area (Å²) in [4.78, 5) is 12.6. The number of carbonyl (C=O) groups excluding carboxylic acids is 1. The number of hydrogen-bond acceptors (Lipinski definition) is 1. The average molecular weight is 330 g/mol. The third-order valence-electron chi connectivity index (χ3n) is 3.88. The van der Waals surface area contributed by atoms with E-state index >= 15 is 0 Å². The molecule has 3 heteroatoms. The van der Waals surface area contributed by atoms with E-state index in [0.717, 1.165) is 34.1 Å². The number of carbonyl (C=O) groups is 1. The Morgan fingerprint density at radius 1 is 1.15 bits per heavy atom. The Kier molecular flexibility index (Phi) is 3.38. The van der Waals surface area contributed by atoms with Gasteiger partial charge in [0.05, 0.1) is 11.1 Å². The van der Waals surface area contributed by atoms with E-state index in [1.165, 1.54) is 0 Å². The Morgan fingerprint density at radius 3 is 2.50 bits per heavy atom. The van der Waals surface area contributed by atoms with E-state index in [2.05, 4.69) is 21.2 Å². The predicted octanol–water partition coefficient (Wildman–Crippen LogP) is 4.43. The molecule has 1 aliphatic carbocycles. The lowest BCUT2D eigenvalue weighted by atomic mass is 9.95. The van der Waals surface area contributed by atoms with Gasteiger partial charge in [0.2, 0.25) is 5.91 Å². The Morgan fingerprint density at radius 2 is 1.85 bits per heavy atom. The van der Waals surface area contributed by atoms with Crippen LogP contribution in [0.15, 0.2) is 53.0 Å². The normalized spacial score (nSPS) is 15.7. The minimum absolute atomic E-state index is 0.0926. The molecule has 0 heterocycles. The first-order chi connectivity index (χ1) is 9.62. The molecule has 0 saturated heterocycles. The molecular weight excluding hydrogens is 314 g/mol. The second-order valence-electron chi connectivity index (χ2n) is 5.39. The van der Waals surface area contributed by atoms with Crippen molar-refractivity contribution in [1.29, 1.82) is 0 Å². The van der Waals surface area contributed by atoms with Gasteiger partial charge >= 0.3 is 0 Å². The molecule has 0 atom stereocenters. The van der Waals surface area contributed by atoms with Crippen molar-refractivity contribution in [2.24, 2.45) is 0 Å². The van der Waals surface area contributed by atoms with Crippen LogP contribution in [0.1, 0.15) is 24.0 Å². The molecule has 102 valence electrons. The number of anilines is 1. The molecular formula is C17H16BrNO. The van der Waals surface area contributed by atoms with Gasteiger partial charge in [-0.05, 0) is 59.0 Å². The summed E-state index contributed by atoms with van der Waals surface area (Å²) in [7, 11) is 0. The van der Waals surface area contributed by atoms with Gasteiger partial charge in [0.25, 0.3) is 0 Å². The fourth-order valence-electron chi connectivity index (χ4n) is 2.51. The zero-order chi connectivity index (χ0) is 14.2. The van der Waals surface area contributed by atoms with Crippen LogP contribution < -0.4 is 5.32 Å². The molecule has 1 N–H and O–H groups in total. The highest BCUT2D eigenvalue weighted by molar-refractivity contribution is 9.10. The summed E-state index contributed by atoms with van der Waals surface area (Å²) in [5.74, 6) is 0.0926. The maximum Gasteiger partial charge on any atom is 0.235 e. The van der Waals surface area contributed by atoms with Crippen LogP contribution in [0.4, 0.5) is 5.69 Å². The van der Waals surface area contributed by atoms with Gasteiger partial charge in [-0.3, -0.25) is 4.79 Å². The number of rotatable bonds is 3. The van der Waals surface area contributed by atoms with Crippen LogP contribution in [-0.2, 0) is 10.2 Å². The van der Waals surface area contributed by atoms with E-state index in [9.17, 15) is 4.79 Å². The number of aryl methyl sites for hydroxylation is 1. The molecule has 1 saturated carbocycles. The largest absolute Gasteiger partial charge is 0.324 e. The molecule has 0 unspecified atom stereocenters. The first-order valence-corrected chi connectivity index (χ1v) is 7.54. The zero-order valence-electron chi connectivity index (χ0n) is 11.3. The molecule has 1 fully saturated rings. The number of halogens is 1. The van der Waals surface area contributed by atoms with Crippen LogP contribution in [-0.4, -0.2) is 5.91 Å². The maximum absolute atomic E-state index is 12.6. The average Bonchev–Trinajstić information content (AvgIpc) is 3.25. The highest BCUT2D eigenvalue weighted by atomic mass is 79.9. The quantitative estimate of drug-likeness (QED) is 0.886. The molecule has 1 aliphatic rings. The third-order valence-corrected chi connectivity index (χ3v) is 4.57. The Bertz CT molecular complexity index is 647. The number of amides is 1. The summed E-state index contributed by atoms with van der Waals surface area (Å²) >= 11 is 3.49. The zero-order valence-corrected chi connectivity index (χ0v) is 12.9. The maximum atomic E-state index is 12.6. The van der Waals surface area contributed by atoms with E-state index < -0.39 is 0 Å². The van der Waals surface area contributed by atoms with E-state index in [0.29, 0.717) is 0 Å². The fraction of sp³-hybridized carbons (Fsp3) is 0.235. The van der Waals surface area contributed by atoms with Crippen molar-refractivity contribution in [3.05, 3.63) is 64.1 Å². The first-order valence-electron chi connectivity index (χ1n) is 6.75. The molecule has 0 radical (unpaired) electrons. The topological polar surface area (TPSA) is 29.1 Å². The van der Waals surface area contributed by atoms with E-state index in [1.54, 1.807) is 0 Å². The summed E-state index contributed by atoms with van der Waals surface area (Å²) in [6.07, 6.45) is 1.85. The molecule has 1 amide bonds. The molecule has 0 aromatic heterocycles. The van der Waals surface area contributed by atoms with Crippen molar-refractivity contribution in [3.8, 4) is 0 Å². The van der Waals surface area contributed by atoms with Crippen LogP contribution in [0.25, 0.3) is 0 Å². The third kappa shape index (κ3) is 2.38. The Hall–Kier alpha value is -1.61. The van der Waals surface area contributed by atoms with Crippen LogP contribution >= 0.6 is 15.9 Å². The molecule has 20 heavy (non-hydrogen) atoms. The fourth-order valence-corrected chi connectivity index (χ4v) is 2.85. The minimum Gasteiger partial charge on any atom is -0.324 e. The van der Waals surface area contributed by atoms with Gasteiger partial charge < -0.3 is 5.32 Å². The molecule has 2 nitrogen and oxygen atoms in total. The molecule has 0 bridgehead atoms. The SMILES string of the molecule is Cc1ccc(Br)c(NC(=O)C2(c3ccccc3)CC2)c1. The van der Waals surface area contributed by atoms with Gasteiger partial charge in [0.15, 0.2) is 0 Å². The predicted molar refractivity (Wildman–Crippen MR) is 84.9 cm³/mol. The van der Waals surface area contributed by atoms with Crippen molar-refractivity contribution in [2.75, 3.05) is 5.32 Å². The van der Waals surface area contributed by atoms with Gasteiger partial charge in [0.1, 0.15) is 0 Å². The highest BCUT2D eigenvalue weighted by Crippen LogP contribution is 2.49. The van der Waals surface area contributed by atoms with Gasteiger partial charge in [-0.15, -0.1) is 0 Å². The van der Waals surface area contributed by atoms with Crippen molar-refractivity contribution >= 4 is 27.5 Å². The van der Waals surface area contributed by atoms with Crippen LogP contribution in [0.2, 0.25) is 0 Å². The van der Waals surface area contributed by atoms with E-state index in [4.69, 9.17) is 0 Å². The van der Waals surface area contributed by atoms with Gasteiger partial charge in [-0.1, -0.05) is 36.4 Å². The minimum atomic E-state index is -0.329. The van der Waals surface area contributed by atoms with Crippen LogP contribution in [0.5, 0.6) is 0 Å². The second-order valence-corrected chi connectivity index (χ2v) is 6.24. The number of benzene rings is 2.